The van der Waals surface area contributed by atoms with Gasteiger partial charge in [-0.2, -0.15) is 13.2 Å². The van der Waals surface area contributed by atoms with E-state index in [1.165, 1.54) is 0 Å². The summed E-state index contributed by atoms with van der Waals surface area (Å²) in [7, 11) is -11.4. The van der Waals surface area contributed by atoms with Crippen LogP contribution in [0, 0.1) is 5.92 Å². The Morgan fingerprint density at radius 3 is 1.86 bits per heavy atom. The van der Waals surface area contributed by atoms with Crippen molar-refractivity contribution in [2.24, 2.45) is 5.92 Å². The van der Waals surface area contributed by atoms with E-state index in [1.807, 2.05) is 4.13 Å². The molecule has 1 N–H and O–H groups in total. The van der Waals surface area contributed by atoms with Crippen LogP contribution in [-0.2, 0) is 24.5 Å². The smallest absolute Gasteiger partial charge is 0.404 e. The van der Waals surface area contributed by atoms with E-state index in [0.717, 1.165) is 0 Å². The molecule has 1 saturated carbocycles. The van der Waals surface area contributed by atoms with E-state index in [2.05, 4.69) is 4.18 Å². The minimum Gasteiger partial charge on any atom is -0.404 e. The molecule has 0 saturated heterocycles. The average Bonchev–Trinajstić information content (AvgIpc) is 2.24. The molecule has 12 heteroatoms. The lowest BCUT2D eigenvalue weighted by atomic mass is 9.78. The normalized spacial score (nSPS) is 25.2. The van der Waals surface area contributed by atoms with Gasteiger partial charge in [0.05, 0.1) is 11.7 Å². The van der Waals surface area contributed by atoms with Gasteiger partial charge in [-0.15, -0.1) is 0 Å². The number of rotatable bonds is 5. The summed E-state index contributed by atoms with van der Waals surface area (Å²) in [5.41, 5.74) is -6.77. The van der Waals surface area contributed by atoms with Crippen molar-refractivity contribution in [3.05, 3.63) is 4.13 Å². The highest BCUT2D eigenvalue weighted by atomic mass is 32.3. The first-order valence-corrected chi connectivity index (χ1v) is 9.16. The molecule has 0 atom stereocenters. The Balaban J connectivity index is 2.65. The summed E-state index contributed by atoms with van der Waals surface area (Å²) in [6.07, 6.45) is 0.159. The average molecular weight is 368 g/mol. The fourth-order valence-corrected chi connectivity index (χ4v) is 4.19. The Morgan fingerprint density at radius 1 is 1.05 bits per heavy atom. The Hall–Kier alpha value is -0.430. The second-order valence-corrected chi connectivity index (χ2v) is 8.70. The SMILES string of the molecule is CC(C)(O)C1CCC(OS(=O)(=O)[N-]S(=O)(=O)C(F)(F)F)CC1. The highest BCUT2D eigenvalue weighted by Gasteiger charge is 2.41. The number of hydrogen-bond donors (Lipinski definition) is 1. The predicted octanol–water partition coefficient (Wildman–Crippen LogP) is 1.80. The maximum absolute atomic E-state index is 12.1. The van der Waals surface area contributed by atoms with Crippen LogP contribution in [0.15, 0.2) is 0 Å². The Morgan fingerprint density at radius 2 is 1.50 bits per heavy atom. The van der Waals surface area contributed by atoms with Gasteiger partial charge in [0, 0.05) is 0 Å². The van der Waals surface area contributed by atoms with E-state index in [4.69, 9.17) is 0 Å². The number of sulfonamides is 1. The minimum atomic E-state index is -6.17. The first-order valence-electron chi connectivity index (χ1n) is 6.35. The maximum Gasteiger partial charge on any atom is 0.480 e. The van der Waals surface area contributed by atoms with Crippen molar-refractivity contribution in [1.82, 2.24) is 0 Å². The summed E-state index contributed by atoms with van der Waals surface area (Å²) in [6.45, 7) is 3.20. The van der Waals surface area contributed by atoms with Gasteiger partial charge in [0.15, 0.2) is 10.0 Å². The Labute approximate surface area is 127 Å². The van der Waals surface area contributed by atoms with Crippen molar-refractivity contribution >= 4 is 20.3 Å². The van der Waals surface area contributed by atoms with E-state index < -0.39 is 37.5 Å². The molecule has 1 rings (SSSR count). The maximum atomic E-state index is 12.1. The molecule has 132 valence electrons. The van der Waals surface area contributed by atoms with Crippen LogP contribution in [-0.4, -0.2) is 39.2 Å². The van der Waals surface area contributed by atoms with Gasteiger partial charge in [-0.05, 0) is 45.4 Å². The molecule has 0 unspecified atom stereocenters. The third kappa shape index (κ3) is 5.33. The molecular formula is C10H17F3NO6S2-. The van der Waals surface area contributed by atoms with E-state index in [-0.39, 0.29) is 18.8 Å². The van der Waals surface area contributed by atoms with Crippen LogP contribution >= 0.6 is 0 Å². The van der Waals surface area contributed by atoms with Gasteiger partial charge in [-0.25, -0.2) is 16.8 Å². The van der Waals surface area contributed by atoms with Crippen LogP contribution in [0.1, 0.15) is 39.5 Å². The second kappa shape index (κ2) is 6.23. The molecule has 1 fully saturated rings. The number of nitrogens with zero attached hydrogens (tertiary/aromatic N) is 1. The van der Waals surface area contributed by atoms with E-state index in [1.54, 1.807) is 13.8 Å². The second-order valence-electron chi connectivity index (χ2n) is 5.65. The lowest BCUT2D eigenvalue weighted by Gasteiger charge is -2.36. The summed E-state index contributed by atoms with van der Waals surface area (Å²) in [5.74, 6) is -0.106. The fourth-order valence-electron chi connectivity index (χ4n) is 2.22. The van der Waals surface area contributed by atoms with Crippen LogP contribution in [0.3, 0.4) is 0 Å². The third-order valence-corrected chi connectivity index (χ3v) is 6.03. The molecule has 0 amide bonds. The summed E-state index contributed by atoms with van der Waals surface area (Å²) >= 11 is 0. The van der Waals surface area contributed by atoms with Crippen LogP contribution in [0.25, 0.3) is 4.13 Å². The summed E-state index contributed by atoms with van der Waals surface area (Å²) < 4.78 is 86.6. The first kappa shape index (κ1) is 19.6. The van der Waals surface area contributed by atoms with Gasteiger partial charge < -0.3 is 9.23 Å². The third-order valence-electron chi connectivity index (χ3n) is 3.41. The zero-order valence-electron chi connectivity index (χ0n) is 11.9. The van der Waals surface area contributed by atoms with E-state index >= 15 is 0 Å². The summed E-state index contributed by atoms with van der Waals surface area (Å²) in [6, 6.07) is 0. The zero-order valence-corrected chi connectivity index (χ0v) is 13.5. The predicted molar refractivity (Wildman–Crippen MR) is 70.4 cm³/mol. The number of halogens is 3. The molecule has 0 radical (unpaired) electrons. The van der Waals surface area contributed by atoms with Crippen LogP contribution in [0.2, 0.25) is 0 Å². The Kier molecular flexibility index (Phi) is 5.55. The molecule has 1 aliphatic carbocycles. The Bertz CT molecular complexity index is 585. The fraction of sp³-hybridized carbons (Fsp3) is 1.00. The monoisotopic (exact) mass is 368 g/mol. The number of hydrogen-bond acceptors (Lipinski definition) is 6. The highest BCUT2D eigenvalue weighted by Crippen LogP contribution is 2.36. The zero-order chi connectivity index (χ0) is 17.4. The van der Waals surface area contributed by atoms with E-state index in [0.29, 0.717) is 12.8 Å². The molecule has 0 spiro atoms. The largest absolute Gasteiger partial charge is 0.480 e. The van der Waals surface area contributed by atoms with Gasteiger partial charge >= 0.3 is 5.51 Å². The van der Waals surface area contributed by atoms with Gasteiger partial charge in [0.1, 0.15) is 0 Å². The van der Waals surface area contributed by atoms with Crippen LogP contribution < -0.4 is 0 Å². The van der Waals surface area contributed by atoms with Gasteiger partial charge in [-0.3, -0.25) is 4.18 Å². The minimum absolute atomic E-state index is 0.106. The molecule has 7 nitrogen and oxygen atoms in total. The molecule has 0 aromatic heterocycles. The first-order chi connectivity index (χ1) is 9.64. The quantitative estimate of drug-likeness (QED) is 0.792. The topological polar surface area (TPSA) is 112 Å². The number of alkyl halides is 3. The number of aliphatic hydroxyl groups is 1. The summed E-state index contributed by atoms with van der Waals surface area (Å²) in [4.78, 5) is 0. The molecule has 0 heterocycles. The molecule has 1 aliphatic rings. The van der Waals surface area contributed by atoms with E-state index in [9.17, 15) is 35.1 Å². The molecule has 0 bridgehead atoms. The standard InChI is InChI=1S/C10H17F3NO6S2/c1-9(2,15)7-3-5-8(6-4-7)20-22(18,19)14-21(16,17)10(11,12)13/h7-8,15H,3-6H2,1-2H3/q-1. The van der Waals surface area contributed by atoms with Crippen molar-refractivity contribution < 1.29 is 39.3 Å². The van der Waals surface area contributed by atoms with Crippen molar-refractivity contribution in [3.63, 3.8) is 0 Å². The lowest BCUT2D eigenvalue weighted by Crippen LogP contribution is -2.36. The van der Waals surface area contributed by atoms with Crippen molar-refractivity contribution in [2.45, 2.75) is 56.7 Å². The van der Waals surface area contributed by atoms with Crippen molar-refractivity contribution in [2.75, 3.05) is 0 Å². The van der Waals surface area contributed by atoms with Gasteiger partial charge in [-0.1, -0.05) is 0 Å². The van der Waals surface area contributed by atoms with Gasteiger partial charge in [0.25, 0.3) is 0 Å². The molecule has 0 aromatic rings. The summed E-state index contributed by atoms with van der Waals surface area (Å²) in [5, 5.41) is 9.82. The molecule has 22 heavy (non-hydrogen) atoms. The lowest BCUT2D eigenvalue weighted by molar-refractivity contribution is -0.0426. The molecular weight excluding hydrogens is 351 g/mol. The molecule has 0 aromatic carbocycles. The van der Waals surface area contributed by atoms with Crippen molar-refractivity contribution in [3.8, 4) is 0 Å². The highest BCUT2D eigenvalue weighted by molar-refractivity contribution is 8.10. The van der Waals surface area contributed by atoms with Crippen LogP contribution in [0.4, 0.5) is 13.2 Å². The van der Waals surface area contributed by atoms with Gasteiger partial charge in [0.2, 0.25) is 10.3 Å². The van der Waals surface area contributed by atoms with Crippen LogP contribution in [0.5, 0.6) is 0 Å². The van der Waals surface area contributed by atoms with Crippen molar-refractivity contribution in [1.29, 1.82) is 0 Å². The molecule has 0 aliphatic heterocycles.